The fourth-order valence-electron chi connectivity index (χ4n) is 1.86. The lowest BCUT2D eigenvalue weighted by Crippen LogP contribution is -2.40. The van der Waals surface area contributed by atoms with Gasteiger partial charge in [-0.25, -0.2) is 0 Å². The first-order valence-corrected chi connectivity index (χ1v) is 6.27. The Kier molecular flexibility index (Phi) is 5.37. The molecule has 1 rings (SSSR count). The number of nitrogens with two attached hydrogens (primary N) is 1. The van der Waals surface area contributed by atoms with E-state index >= 15 is 0 Å². The molecular weight excluding hydrogens is 278 g/mol. The van der Waals surface area contributed by atoms with Crippen LogP contribution in [0.1, 0.15) is 29.8 Å². The number of rotatable bonds is 7. The van der Waals surface area contributed by atoms with Gasteiger partial charge in [0.2, 0.25) is 5.91 Å². The topological polar surface area (TPSA) is 136 Å². The van der Waals surface area contributed by atoms with E-state index in [1.165, 1.54) is 12.1 Å². The lowest BCUT2D eigenvalue weighted by molar-refractivity contribution is -0.385. The average molecular weight is 295 g/mol. The summed E-state index contributed by atoms with van der Waals surface area (Å²) in [5.74, 6) is -1.96. The molecule has 0 bridgehead atoms. The molecule has 1 aromatic carbocycles. The van der Waals surface area contributed by atoms with Gasteiger partial charge in [0.05, 0.1) is 4.92 Å². The van der Waals surface area contributed by atoms with Gasteiger partial charge in [0.25, 0.3) is 5.69 Å². The normalized spacial score (nSPS) is 12.1. The Labute approximate surface area is 121 Å². The molecule has 0 radical (unpaired) electrons. The summed E-state index contributed by atoms with van der Waals surface area (Å²) in [7, 11) is 0. The van der Waals surface area contributed by atoms with Crippen molar-refractivity contribution in [3.05, 3.63) is 39.4 Å². The van der Waals surface area contributed by atoms with Crippen molar-refractivity contribution in [1.82, 2.24) is 5.32 Å². The van der Waals surface area contributed by atoms with Crippen LogP contribution in [0.15, 0.2) is 18.2 Å². The molecular formula is C13H17N3O5. The van der Waals surface area contributed by atoms with Crippen LogP contribution in [0.2, 0.25) is 0 Å². The lowest BCUT2D eigenvalue weighted by Gasteiger charge is -2.17. The second-order valence-electron chi connectivity index (χ2n) is 4.91. The molecule has 0 aliphatic rings. The number of carboxylic acid groups (broad SMARTS) is 1. The first-order chi connectivity index (χ1) is 9.73. The summed E-state index contributed by atoms with van der Waals surface area (Å²) in [6.45, 7) is 3.47. The van der Waals surface area contributed by atoms with Gasteiger partial charge in [-0.3, -0.25) is 25.0 Å². The molecule has 0 heterocycles. The van der Waals surface area contributed by atoms with Gasteiger partial charge in [-0.2, -0.15) is 0 Å². The highest BCUT2D eigenvalue weighted by Crippen LogP contribution is 2.20. The summed E-state index contributed by atoms with van der Waals surface area (Å²) in [5, 5.41) is 22.8. The number of amides is 1. The zero-order valence-corrected chi connectivity index (χ0v) is 11.7. The second kappa shape index (κ2) is 6.80. The fraction of sp³-hybridized carbons (Fsp3) is 0.385. The van der Waals surface area contributed by atoms with E-state index in [2.05, 4.69) is 5.32 Å². The predicted molar refractivity (Wildman–Crippen MR) is 74.7 cm³/mol. The van der Waals surface area contributed by atoms with E-state index in [1.54, 1.807) is 13.8 Å². The summed E-state index contributed by atoms with van der Waals surface area (Å²) in [4.78, 5) is 32.5. The molecule has 0 aromatic heterocycles. The first-order valence-electron chi connectivity index (χ1n) is 6.27. The Hall–Kier alpha value is -2.48. The van der Waals surface area contributed by atoms with Gasteiger partial charge in [-0.15, -0.1) is 0 Å². The molecule has 0 saturated carbocycles. The van der Waals surface area contributed by atoms with Gasteiger partial charge in [-0.05, 0) is 12.0 Å². The third-order valence-corrected chi connectivity index (χ3v) is 3.01. The van der Waals surface area contributed by atoms with E-state index in [4.69, 9.17) is 10.8 Å². The monoisotopic (exact) mass is 295 g/mol. The molecule has 4 N–H and O–H groups in total. The van der Waals surface area contributed by atoms with Crippen LogP contribution < -0.4 is 11.1 Å². The molecule has 114 valence electrons. The molecule has 8 heteroatoms. The summed E-state index contributed by atoms with van der Waals surface area (Å²) >= 11 is 0. The van der Waals surface area contributed by atoms with Crippen molar-refractivity contribution >= 4 is 17.6 Å². The molecule has 21 heavy (non-hydrogen) atoms. The maximum atomic E-state index is 11.1. The lowest BCUT2D eigenvalue weighted by atomic mass is 10.0. The number of hydrogen-bond donors (Lipinski definition) is 3. The van der Waals surface area contributed by atoms with Gasteiger partial charge < -0.3 is 10.8 Å². The Morgan fingerprint density at radius 1 is 1.43 bits per heavy atom. The number of nitrogens with zero attached hydrogens (tertiary/aromatic N) is 1. The zero-order valence-electron chi connectivity index (χ0n) is 11.7. The van der Waals surface area contributed by atoms with Crippen LogP contribution in [-0.2, 0) is 11.3 Å². The van der Waals surface area contributed by atoms with Crippen molar-refractivity contribution in [2.24, 2.45) is 11.7 Å². The Balaban J connectivity index is 3.00. The van der Waals surface area contributed by atoms with Crippen molar-refractivity contribution in [3.63, 3.8) is 0 Å². The molecule has 1 aromatic rings. The van der Waals surface area contributed by atoms with E-state index in [-0.39, 0.29) is 29.3 Å². The number of carbonyl (C=O) groups is 2. The fourth-order valence-corrected chi connectivity index (χ4v) is 1.86. The first kappa shape index (κ1) is 16.6. The van der Waals surface area contributed by atoms with Gasteiger partial charge in [-0.1, -0.05) is 19.9 Å². The standard InChI is InChI=1S/C13H17N3O5/c1-7(2)11(13(18)19)15-6-9-4-3-8(12(14)17)5-10(9)16(20)21/h3-5,7,11,15H,6H2,1-2H3,(H2,14,17)(H,18,19). The molecule has 1 atom stereocenters. The third-order valence-electron chi connectivity index (χ3n) is 3.01. The predicted octanol–water partition coefficient (Wildman–Crippen LogP) is 0.893. The Morgan fingerprint density at radius 2 is 2.05 bits per heavy atom. The van der Waals surface area contributed by atoms with E-state index in [9.17, 15) is 19.7 Å². The minimum absolute atomic E-state index is 0.00447. The molecule has 0 aliphatic carbocycles. The number of carboxylic acids is 1. The number of nitrogens with one attached hydrogen (secondary N) is 1. The average Bonchev–Trinajstić information content (AvgIpc) is 2.37. The second-order valence-corrected chi connectivity index (χ2v) is 4.91. The van der Waals surface area contributed by atoms with E-state index < -0.39 is 22.8 Å². The van der Waals surface area contributed by atoms with Crippen LogP contribution in [-0.4, -0.2) is 27.9 Å². The molecule has 0 saturated heterocycles. The van der Waals surface area contributed by atoms with Crippen LogP contribution in [0, 0.1) is 16.0 Å². The molecule has 0 fully saturated rings. The number of aliphatic carboxylic acids is 1. The highest BCUT2D eigenvalue weighted by molar-refractivity contribution is 5.93. The van der Waals surface area contributed by atoms with Crippen LogP contribution in [0.4, 0.5) is 5.69 Å². The van der Waals surface area contributed by atoms with Crippen molar-refractivity contribution in [2.45, 2.75) is 26.4 Å². The van der Waals surface area contributed by atoms with Crippen LogP contribution in [0.5, 0.6) is 0 Å². The van der Waals surface area contributed by atoms with E-state index in [1.807, 2.05) is 0 Å². The van der Waals surface area contributed by atoms with Crippen molar-refractivity contribution < 1.29 is 19.6 Å². The SMILES string of the molecule is CC(C)C(NCc1ccc(C(N)=O)cc1[N+](=O)[O-])C(=O)O. The number of primary amides is 1. The molecule has 0 spiro atoms. The van der Waals surface area contributed by atoms with Crippen molar-refractivity contribution in [1.29, 1.82) is 0 Å². The van der Waals surface area contributed by atoms with Crippen LogP contribution in [0.25, 0.3) is 0 Å². The molecule has 1 unspecified atom stereocenters. The number of benzene rings is 1. The largest absolute Gasteiger partial charge is 0.480 e. The molecule has 0 aliphatic heterocycles. The molecule has 8 nitrogen and oxygen atoms in total. The van der Waals surface area contributed by atoms with Crippen LogP contribution in [0.3, 0.4) is 0 Å². The Morgan fingerprint density at radius 3 is 2.48 bits per heavy atom. The zero-order chi connectivity index (χ0) is 16.2. The maximum Gasteiger partial charge on any atom is 0.320 e. The van der Waals surface area contributed by atoms with Gasteiger partial charge in [0, 0.05) is 23.7 Å². The van der Waals surface area contributed by atoms with Crippen LogP contribution >= 0.6 is 0 Å². The maximum absolute atomic E-state index is 11.1. The number of nitro groups is 1. The van der Waals surface area contributed by atoms with Crippen molar-refractivity contribution in [3.8, 4) is 0 Å². The third kappa shape index (κ3) is 4.25. The van der Waals surface area contributed by atoms with E-state index in [0.29, 0.717) is 0 Å². The summed E-state index contributed by atoms with van der Waals surface area (Å²) in [6.07, 6.45) is 0. The minimum atomic E-state index is -1.03. The quantitative estimate of drug-likeness (QED) is 0.505. The summed E-state index contributed by atoms with van der Waals surface area (Å²) in [6, 6.07) is 3.03. The Bertz CT molecular complexity index is 571. The van der Waals surface area contributed by atoms with Crippen molar-refractivity contribution in [2.75, 3.05) is 0 Å². The molecule has 1 amide bonds. The van der Waals surface area contributed by atoms with E-state index in [0.717, 1.165) is 6.07 Å². The minimum Gasteiger partial charge on any atom is -0.480 e. The summed E-state index contributed by atoms with van der Waals surface area (Å²) in [5.41, 5.74) is 5.13. The smallest absolute Gasteiger partial charge is 0.320 e. The highest BCUT2D eigenvalue weighted by atomic mass is 16.6. The number of hydrogen-bond acceptors (Lipinski definition) is 5. The number of nitro benzene ring substituents is 1. The van der Waals surface area contributed by atoms with Gasteiger partial charge in [0.1, 0.15) is 6.04 Å². The van der Waals surface area contributed by atoms with Gasteiger partial charge >= 0.3 is 5.97 Å². The highest BCUT2D eigenvalue weighted by Gasteiger charge is 2.23. The van der Waals surface area contributed by atoms with Gasteiger partial charge in [0.15, 0.2) is 0 Å². The number of carbonyl (C=O) groups excluding carboxylic acids is 1. The summed E-state index contributed by atoms with van der Waals surface area (Å²) < 4.78 is 0.